The summed E-state index contributed by atoms with van der Waals surface area (Å²) >= 11 is 0. The molecule has 0 fully saturated rings. The number of phenolic OH excluding ortho intramolecular Hbond substituents is 1. The fourth-order valence-electron chi connectivity index (χ4n) is 1.99. The number of hydrogen-bond acceptors (Lipinski definition) is 3. The number of amides is 1. The van der Waals surface area contributed by atoms with Crippen LogP contribution in [0.3, 0.4) is 0 Å². The minimum atomic E-state index is -0.169. The Morgan fingerprint density at radius 2 is 1.95 bits per heavy atom. The van der Waals surface area contributed by atoms with Gasteiger partial charge in [0.15, 0.2) is 0 Å². The van der Waals surface area contributed by atoms with Gasteiger partial charge in [-0.2, -0.15) is 5.26 Å². The number of benzene rings is 2. The Balaban J connectivity index is 1.79. The van der Waals surface area contributed by atoms with Crippen LogP contribution in [0.25, 0.3) is 0 Å². The summed E-state index contributed by atoms with van der Waals surface area (Å²) in [6, 6.07) is 15.7. The molecule has 2 rings (SSSR count). The van der Waals surface area contributed by atoms with Crippen molar-refractivity contribution < 1.29 is 9.90 Å². The highest BCUT2D eigenvalue weighted by molar-refractivity contribution is 5.94. The number of aryl methyl sites for hydroxylation is 1. The Kier molecular flexibility index (Phi) is 4.94. The molecular formula is C17H16N2O2. The van der Waals surface area contributed by atoms with E-state index in [-0.39, 0.29) is 11.7 Å². The summed E-state index contributed by atoms with van der Waals surface area (Å²) in [7, 11) is 0. The molecule has 0 heterocycles. The van der Waals surface area contributed by atoms with E-state index in [9.17, 15) is 9.90 Å². The van der Waals surface area contributed by atoms with Gasteiger partial charge in [-0.05, 0) is 48.7 Å². The Labute approximate surface area is 123 Å². The van der Waals surface area contributed by atoms with E-state index in [0.29, 0.717) is 17.7 Å². The van der Waals surface area contributed by atoms with Gasteiger partial charge in [-0.3, -0.25) is 4.79 Å². The molecule has 4 nitrogen and oxygen atoms in total. The van der Waals surface area contributed by atoms with Crippen LogP contribution in [-0.4, -0.2) is 17.6 Å². The molecule has 0 aromatic heterocycles. The van der Waals surface area contributed by atoms with Gasteiger partial charge in [0.2, 0.25) is 0 Å². The van der Waals surface area contributed by atoms with Crippen molar-refractivity contribution in [3.8, 4) is 11.8 Å². The number of hydrogen-bond donors (Lipinski definition) is 2. The van der Waals surface area contributed by atoms with Crippen molar-refractivity contribution in [3.63, 3.8) is 0 Å². The molecule has 0 aliphatic carbocycles. The summed E-state index contributed by atoms with van der Waals surface area (Å²) in [5.41, 5.74) is 2.10. The fraction of sp³-hybridized carbons (Fsp3) is 0.176. The molecule has 0 unspecified atom stereocenters. The Bertz CT molecular complexity index is 657. The van der Waals surface area contributed by atoms with Crippen LogP contribution in [0.1, 0.15) is 27.9 Å². The number of carbonyl (C=O) groups excluding carboxylic acids is 1. The first kappa shape index (κ1) is 14.6. The molecule has 2 aromatic carbocycles. The van der Waals surface area contributed by atoms with Crippen LogP contribution in [-0.2, 0) is 6.42 Å². The van der Waals surface area contributed by atoms with E-state index in [0.717, 1.165) is 18.4 Å². The zero-order chi connectivity index (χ0) is 15.1. The van der Waals surface area contributed by atoms with Crippen molar-refractivity contribution in [1.82, 2.24) is 5.32 Å². The van der Waals surface area contributed by atoms with E-state index < -0.39 is 0 Å². The van der Waals surface area contributed by atoms with Gasteiger partial charge in [0.25, 0.3) is 5.91 Å². The molecule has 0 atom stereocenters. The van der Waals surface area contributed by atoms with E-state index in [2.05, 4.69) is 5.32 Å². The van der Waals surface area contributed by atoms with Crippen LogP contribution in [0.4, 0.5) is 0 Å². The largest absolute Gasteiger partial charge is 0.508 e. The summed E-state index contributed by atoms with van der Waals surface area (Å²) in [5, 5.41) is 20.8. The molecule has 0 aliphatic heterocycles. The average Bonchev–Trinajstić information content (AvgIpc) is 2.53. The van der Waals surface area contributed by atoms with Crippen LogP contribution < -0.4 is 5.32 Å². The number of nitriles is 1. The molecule has 4 heteroatoms. The lowest BCUT2D eigenvalue weighted by molar-refractivity contribution is 0.0953. The lowest BCUT2D eigenvalue weighted by atomic mass is 10.1. The maximum atomic E-state index is 11.9. The van der Waals surface area contributed by atoms with Crippen molar-refractivity contribution in [1.29, 1.82) is 5.26 Å². The third-order valence-electron chi connectivity index (χ3n) is 3.12. The normalized spacial score (nSPS) is 9.86. The Morgan fingerprint density at radius 3 is 2.67 bits per heavy atom. The zero-order valence-corrected chi connectivity index (χ0v) is 11.5. The second kappa shape index (κ2) is 7.11. The molecule has 0 radical (unpaired) electrons. The quantitative estimate of drug-likeness (QED) is 0.827. The van der Waals surface area contributed by atoms with E-state index in [1.54, 1.807) is 36.4 Å². The number of nitrogens with one attached hydrogen (secondary N) is 1. The van der Waals surface area contributed by atoms with Crippen molar-refractivity contribution in [2.75, 3.05) is 6.54 Å². The van der Waals surface area contributed by atoms with Gasteiger partial charge in [-0.25, -0.2) is 0 Å². The maximum absolute atomic E-state index is 11.9. The molecule has 0 bridgehead atoms. The van der Waals surface area contributed by atoms with Gasteiger partial charge in [-0.1, -0.05) is 18.2 Å². The zero-order valence-electron chi connectivity index (χ0n) is 11.5. The van der Waals surface area contributed by atoms with E-state index in [4.69, 9.17) is 5.26 Å². The first-order valence-corrected chi connectivity index (χ1v) is 6.75. The number of carbonyl (C=O) groups is 1. The highest BCUT2D eigenvalue weighted by Crippen LogP contribution is 2.11. The van der Waals surface area contributed by atoms with Crippen LogP contribution in [0.15, 0.2) is 48.5 Å². The second-order valence-corrected chi connectivity index (χ2v) is 4.72. The van der Waals surface area contributed by atoms with Gasteiger partial charge in [0, 0.05) is 12.1 Å². The standard InChI is InChI=1S/C17H16N2O2/c18-12-14-3-1-5-15(11-14)17(21)19-10-2-4-13-6-8-16(20)9-7-13/h1,3,5-9,11,20H,2,4,10H2,(H,19,21). The monoisotopic (exact) mass is 280 g/mol. The van der Waals surface area contributed by atoms with Crippen LogP contribution in [0, 0.1) is 11.3 Å². The van der Waals surface area contributed by atoms with Crippen molar-refractivity contribution >= 4 is 5.91 Å². The number of rotatable bonds is 5. The maximum Gasteiger partial charge on any atom is 0.251 e. The number of nitrogens with zero attached hydrogens (tertiary/aromatic N) is 1. The third-order valence-corrected chi connectivity index (χ3v) is 3.12. The minimum absolute atomic E-state index is 0.169. The molecule has 2 aromatic rings. The highest BCUT2D eigenvalue weighted by Gasteiger charge is 2.05. The van der Waals surface area contributed by atoms with Crippen LogP contribution >= 0.6 is 0 Å². The van der Waals surface area contributed by atoms with Gasteiger partial charge in [-0.15, -0.1) is 0 Å². The molecule has 21 heavy (non-hydrogen) atoms. The summed E-state index contributed by atoms with van der Waals surface area (Å²) < 4.78 is 0. The van der Waals surface area contributed by atoms with Gasteiger partial charge in [0.1, 0.15) is 5.75 Å². The molecule has 0 saturated carbocycles. The summed E-state index contributed by atoms with van der Waals surface area (Å²) in [6.45, 7) is 0.566. The predicted octanol–water partition coefficient (Wildman–Crippen LogP) is 2.63. The smallest absolute Gasteiger partial charge is 0.251 e. The first-order chi connectivity index (χ1) is 10.2. The predicted molar refractivity (Wildman–Crippen MR) is 79.9 cm³/mol. The minimum Gasteiger partial charge on any atom is -0.508 e. The molecule has 0 saturated heterocycles. The second-order valence-electron chi connectivity index (χ2n) is 4.72. The fourth-order valence-corrected chi connectivity index (χ4v) is 1.99. The average molecular weight is 280 g/mol. The van der Waals surface area contributed by atoms with E-state index in [1.807, 2.05) is 18.2 Å². The van der Waals surface area contributed by atoms with E-state index in [1.165, 1.54) is 0 Å². The Hall–Kier alpha value is -2.80. The topological polar surface area (TPSA) is 73.1 Å². The van der Waals surface area contributed by atoms with Crippen LogP contribution in [0.5, 0.6) is 5.75 Å². The molecule has 0 aliphatic rings. The van der Waals surface area contributed by atoms with Gasteiger partial charge in [0.05, 0.1) is 11.6 Å². The highest BCUT2D eigenvalue weighted by atomic mass is 16.3. The summed E-state index contributed by atoms with van der Waals surface area (Å²) in [6.07, 6.45) is 1.65. The SMILES string of the molecule is N#Cc1cccc(C(=O)NCCCc2ccc(O)cc2)c1. The molecular weight excluding hydrogens is 264 g/mol. The molecule has 1 amide bonds. The van der Waals surface area contributed by atoms with Gasteiger partial charge < -0.3 is 10.4 Å². The lowest BCUT2D eigenvalue weighted by Gasteiger charge is -2.06. The van der Waals surface area contributed by atoms with Crippen molar-refractivity contribution in [2.24, 2.45) is 0 Å². The first-order valence-electron chi connectivity index (χ1n) is 6.75. The lowest BCUT2D eigenvalue weighted by Crippen LogP contribution is -2.24. The summed E-state index contributed by atoms with van der Waals surface area (Å²) in [4.78, 5) is 11.9. The molecule has 2 N–H and O–H groups in total. The Morgan fingerprint density at radius 1 is 1.19 bits per heavy atom. The van der Waals surface area contributed by atoms with Crippen LogP contribution in [0.2, 0.25) is 0 Å². The van der Waals surface area contributed by atoms with Crippen molar-refractivity contribution in [3.05, 3.63) is 65.2 Å². The number of aromatic hydroxyl groups is 1. The third kappa shape index (κ3) is 4.36. The van der Waals surface area contributed by atoms with Gasteiger partial charge >= 0.3 is 0 Å². The van der Waals surface area contributed by atoms with E-state index >= 15 is 0 Å². The summed E-state index contributed by atoms with van der Waals surface area (Å²) in [5.74, 6) is 0.0854. The molecule has 0 spiro atoms. The number of phenols is 1. The van der Waals surface area contributed by atoms with Crippen molar-refractivity contribution in [2.45, 2.75) is 12.8 Å². The molecule has 106 valence electrons.